The van der Waals surface area contributed by atoms with Gasteiger partial charge in [0.15, 0.2) is 5.78 Å². The minimum absolute atomic E-state index is 0.0165. The monoisotopic (exact) mass is 808 g/mol. The number of nitriles is 1. The third-order valence-electron chi connectivity index (χ3n) is 10.8. The molecule has 3 aromatic rings. The van der Waals surface area contributed by atoms with Crippen LogP contribution in [-0.2, 0) is 20.9 Å². The Hall–Kier alpha value is -5.65. The van der Waals surface area contributed by atoms with Crippen molar-refractivity contribution in [1.29, 1.82) is 5.26 Å². The normalized spacial score (nSPS) is 16.1. The Labute approximate surface area is 348 Å². The molecule has 2 N–H and O–H groups in total. The molecule has 3 amide bonds. The molecule has 0 aliphatic carbocycles. The van der Waals surface area contributed by atoms with Gasteiger partial charge in [-0.3, -0.25) is 14.4 Å². The number of ketones is 1. The number of Topliss-reactive ketones (excluding diaryl/α,β-unsaturated/α-hetero) is 1. The number of pyridine rings is 2. The van der Waals surface area contributed by atoms with Crippen LogP contribution >= 0.6 is 0 Å². The van der Waals surface area contributed by atoms with Crippen LogP contribution in [0.15, 0.2) is 42.9 Å². The van der Waals surface area contributed by atoms with E-state index in [9.17, 15) is 24.4 Å². The third-order valence-corrected chi connectivity index (χ3v) is 10.8. The third kappa shape index (κ3) is 12.2. The average molecular weight is 809 g/mol. The number of hydrogen-bond acceptors (Lipinski definition) is 12. The van der Waals surface area contributed by atoms with Crippen molar-refractivity contribution in [3.05, 3.63) is 59.7 Å². The maximum atomic E-state index is 13.4. The molecule has 1 saturated heterocycles. The standard InChI is InChI=1S/C44H60N10O5/c1-31-29-52(23-24-53(31)38(56)28-48-37(55)18-14-12-10-8-7-9-11-13-15-21-47-42(58)59-43(2,3)4)41-49-26-33(27-50-41)35-20-19-34-39(57)44(5,6)54(40(34)51-35)30-32-17-16-22-46-36(32)25-45/h16-17,19-20,22,26-27,31H,7-15,18,21,23-24,28-30H2,1-6H3,(H,47,58)(H,48,55)/t31-/m1/s1. The topological polar surface area (TPSA) is 187 Å². The number of carbonyl (C=O) groups excluding carboxylic acids is 4. The van der Waals surface area contributed by atoms with Crippen LogP contribution in [0.4, 0.5) is 16.6 Å². The molecule has 1 atom stereocenters. The Morgan fingerprint density at radius 2 is 1.61 bits per heavy atom. The predicted molar refractivity (Wildman–Crippen MR) is 226 cm³/mol. The van der Waals surface area contributed by atoms with Gasteiger partial charge in [-0.25, -0.2) is 24.7 Å². The summed E-state index contributed by atoms with van der Waals surface area (Å²) in [5, 5.41) is 15.2. The molecule has 1 fully saturated rings. The zero-order chi connectivity index (χ0) is 42.6. The lowest BCUT2D eigenvalue weighted by Crippen LogP contribution is -2.56. The van der Waals surface area contributed by atoms with Gasteiger partial charge in [0.1, 0.15) is 23.2 Å². The minimum Gasteiger partial charge on any atom is -0.444 e. The Morgan fingerprint density at radius 3 is 2.27 bits per heavy atom. The smallest absolute Gasteiger partial charge is 0.407 e. The number of nitrogens with zero attached hydrogens (tertiary/aromatic N) is 8. The van der Waals surface area contributed by atoms with E-state index >= 15 is 0 Å². The quantitative estimate of drug-likeness (QED) is 0.136. The van der Waals surface area contributed by atoms with Crippen LogP contribution in [0.2, 0.25) is 0 Å². The number of fused-ring (bicyclic) bond motifs is 1. The molecule has 0 unspecified atom stereocenters. The van der Waals surface area contributed by atoms with E-state index in [-0.39, 0.29) is 36.3 Å². The number of ether oxygens (including phenoxy) is 1. The van der Waals surface area contributed by atoms with Crippen LogP contribution in [0, 0.1) is 11.3 Å². The van der Waals surface area contributed by atoms with Crippen molar-refractivity contribution in [2.24, 2.45) is 0 Å². The van der Waals surface area contributed by atoms with Crippen LogP contribution in [0.1, 0.15) is 127 Å². The van der Waals surface area contributed by atoms with Crippen molar-refractivity contribution >= 4 is 35.5 Å². The second-order valence-electron chi connectivity index (χ2n) is 17.0. The molecular formula is C44H60N10O5. The zero-order valence-corrected chi connectivity index (χ0v) is 35.6. The van der Waals surface area contributed by atoms with Crippen molar-refractivity contribution in [3.63, 3.8) is 0 Å². The van der Waals surface area contributed by atoms with Gasteiger partial charge < -0.3 is 30.1 Å². The summed E-state index contributed by atoms with van der Waals surface area (Å²) >= 11 is 0. The van der Waals surface area contributed by atoms with Gasteiger partial charge in [0.2, 0.25) is 17.8 Å². The Bertz CT molecular complexity index is 1970. The fourth-order valence-corrected chi connectivity index (χ4v) is 7.46. The lowest BCUT2D eigenvalue weighted by molar-refractivity contribution is -0.134. The molecule has 2 aliphatic heterocycles. The van der Waals surface area contributed by atoms with E-state index < -0.39 is 11.1 Å². The number of amides is 3. The van der Waals surface area contributed by atoms with Gasteiger partial charge in [-0.05, 0) is 72.6 Å². The van der Waals surface area contributed by atoms with E-state index in [2.05, 4.69) is 31.7 Å². The van der Waals surface area contributed by atoms with Gasteiger partial charge in [0.05, 0.1) is 23.3 Å². The van der Waals surface area contributed by atoms with Gasteiger partial charge in [-0.15, -0.1) is 0 Å². The van der Waals surface area contributed by atoms with Crippen molar-refractivity contribution in [2.45, 2.75) is 129 Å². The maximum Gasteiger partial charge on any atom is 0.407 e. The van der Waals surface area contributed by atoms with Gasteiger partial charge in [-0.1, -0.05) is 51.0 Å². The van der Waals surface area contributed by atoms with E-state index in [1.807, 2.05) is 57.4 Å². The lowest BCUT2D eigenvalue weighted by Gasteiger charge is -2.39. The van der Waals surface area contributed by atoms with Crippen LogP contribution in [0.5, 0.6) is 0 Å². The Balaban J connectivity index is 0.991. The van der Waals surface area contributed by atoms with Gasteiger partial charge in [0, 0.05) is 74.9 Å². The summed E-state index contributed by atoms with van der Waals surface area (Å²) in [6, 6.07) is 9.24. The molecule has 0 saturated carbocycles. The second kappa shape index (κ2) is 20.4. The van der Waals surface area contributed by atoms with E-state index in [1.54, 1.807) is 41.7 Å². The number of rotatable bonds is 18. The summed E-state index contributed by atoms with van der Waals surface area (Å²) in [6.07, 6.45) is 14.6. The number of nitrogens with one attached hydrogen (secondary N) is 2. The first-order valence-corrected chi connectivity index (χ1v) is 21.0. The molecule has 5 heterocycles. The van der Waals surface area contributed by atoms with E-state index in [1.165, 1.54) is 12.8 Å². The van der Waals surface area contributed by atoms with Crippen molar-refractivity contribution in [2.75, 3.05) is 42.5 Å². The Kier molecular flexibility index (Phi) is 15.3. The molecule has 3 aromatic heterocycles. The van der Waals surface area contributed by atoms with E-state index in [0.29, 0.717) is 79.0 Å². The van der Waals surface area contributed by atoms with Crippen LogP contribution in [0.3, 0.4) is 0 Å². The molecule has 15 nitrogen and oxygen atoms in total. The molecular weight excluding hydrogens is 749 g/mol. The van der Waals surface area contributed by atoms with Gasteiger partial charge in [-0.2, -0.15) is 5.26 Å². The number of aromatic nitrogens is 4. The summed E-state index contributed by atoms with van der Waals surface area (Å²) in [4.78, 5) is 74.8. The van der Waals surface area contributed by atoms with Crippen molar-refractivity contribution in [1.82, 2.24) is 35.5 Å². The summed E-state index contributed by atoms with van der Waals surface area (Å²) in [5.74, 6) is 0.845. The highest BCUT2D eigenvalue weighted by molar-refractivity contribution is 6.12. The van der Waals surface area contributed by atoms with Crippen LogP contribution < -0.4 is 20.4 Å². The summed E-state index contributed by atoms with van der Waals surface area (Å²) in [5.41, 5.74) is 1.52. The number of unbranched alkanes of at least 4 members (excludes halogenated alkanes) is 8. The zero-order valence-electron chi connectivity index (χ0n) is 35.6. The molecule has 59 heavy (non-hydrogen) atoms. The van der Waals surface area contributed by atoms with E-state index in [0.717, 1.165) is 44.9 Å². The van der Waals surface area contributed by atoms with E-state index in [4.69, 9.17) is 9.72 Å². The van der Waals surface area contributed by atoms with Gasteiger partial charge in [0.25, 0.3) is 0 Å². The first-order chi connectivity index (χ1) is 28.2. The molecule has 0 radical (unpaired) electrons. The fraction of sp³-hybridized carbons (Fsp3) is 0.568. The van der Waals surface area contributed by atoms with Crippen molar-refractivity contribution in [3.8, 4) is 17.3 Å². The first-order valence-electron chi connectivity index (χ1n) is 21.0. The number of alkyl carbamates (subject to hydrolysis) is 1. The molecule has 0 bridgehead atoms. The molecule has 2 aliphatic rings. The first kappa shape index (κ1) is 44.5. The maximum absolute atomic E-state index is 13.4. The van der Waals surface area contributed by atoms with Crippen molar-refractivity contribution < 1.29 is 23.9 Å². The summed E-state index contributed by atoms with van der Waals surface area (Å²) < 4.78 is 5.24. The highest BCUT2D eigenvalue weighted by atomic mass is 16.6. The highest BCUT2D eigenvalue weighted by Gasteiger charge is 2.45. The SMILES string of the molecule is C[C@@H]1CN(c2ncc(-c3ccc4c(n3)N(Cc3cccnc3C#N)C(C)(C)C4=O)cn2)CCN1C(=O)CNC(=O)CCCCCCCCCCCNC(=O)OC(C)(C)C. The lowest BCUT2D eigenvalue weighted by atomic mass is 9.97. The molecule has 15 heteroatoms. The number of anilines is 2. The number of hydrogen-bond donors (Lipinski definition) is 2. The summed E-state index contributed by atoms with van der Waals surface area (Å²) in [6.45, 7) is 13.8. The molecule has 0 spiro atoms. The van der Waals surface area contributed by atoms with Gasteiger partial charge >= 0.3 is 6.09 Å². The summed E-state index contributed by atoms with van der Waals surface area (Å²) in [7, 11) is 0. The highest BCUT2D eigenvalue weighted by Crippen LogP contribution is 2.40. The predicted octanol–water partition coefficient (Wildman–Crippen LogP) is 6.37. The molecule has 5 rings (SSSR count). The minimum atomic E-state index is -0.864. The largest absolute Gasteiger partial charge is 0.444 e. The van der Waals surface area contributed by atoms with Crippen LogP contribution in [0.25, 0.3) is 11.3 Å². The molecule has 316 valence electrons. The average Bonchev–Trinajstić information content (AvgIpc) is 3.39. The second-order valence-corrected chi connectivity index (χ2v) is 17.0. The number of piperazine rings is 1. The molecule has 0 aromatic carbocycles. The fourth-order valence-electron chi connectivity index (χ4n) is 7.46. The number of carbonyl (C=O) groups is 4. The Morgan fingerprint density at radius 1 is 0.932 bits per heavy atom. The van der Waals surface area contributed by atoms with Crippen LogP contribution in [-0.4, -0.2) is 98.4 Å².